The molecule has 3 heterocycles. The van der Waals surface area contributed by atoms with Crippen LogP contribution < -0.4 is 15.0 Å². The van der Waals surface area contributed by atoms with Crippen LogP contribution in [0.25, 0.3) is 0 Å². The fourth-order valence-corrected chi connectivity index (χ4v) is 6.00. The van der Waals surface area contributed by atoms with Crippen molar-refractivity contribution in [3.05, 3.63) is 53.0 Å². The van der Waals surface area contributed by atoms with Crippen LogP contribution in [0.5, 0.6) is 6.01 Å². The van der Waals surface area contributed by atoms with Gasteiger partial charge in [0, 0.05) is 26.1 Å². The number of methoxy groups -OCH3 is 1. The monoisotopic (exact) mass is 504 g/mol. The molecule has 3 aliphatic rings. The summed E-state index contributed by atoms with van der Waals surface area (Å²) in [5.41, 5.74) is 2.65. The van der Waals surface area contributed by atoms with Crippen molar-refractivity contribution in [3.63, 3.8) is 0 Å². The highest BCUT2D eigenvalue weighted by Gasteiger charge is 2.48. The number of aromatic nitrogens is 2. The SMILES string of the molecule is C=CC(=O)N1CCN(c2nc(OC)nc3c2NC(=O)C2(CCCc4c2ccc(F)c4C)C3)CC1CC#N. The molecule has 0 bridgehead atoms. The van der Waals surface area contributed by atoms with E-state index in [4.69, 9.17) is 4.74 Å². The number of halogens is 1. The normalized spacial score (nSPS) is 22.5. The van der Waals surface area contributed by atoms with E-state index >= 15 is 0 Å². The van der Waals surface area contributed by atoms with Crippen LogP contribution in [-0.2, 0) is 27.8 Å². The molecule has 2 atom stereocenters. The summed E-state index contributed by atoms with van der Waals surface area (Å²) in [6, 6.07) is 5.16. The molecule has 2 aliphatic heterocycles. The molecule has 10 heteroatoms. The van der Waals surface area contributed by atoms with Gasteiger partial charge in [-0.3, -0.25) is 9.59 Å². The number of carbonyl (C=O) groups excluding carboxylic acids is 2. The van der Waals surface area contributed by atoms with Crippen molar-refractivity contribution >= 4 is 23.3 Å². The first-order valence-corrected chi connectivity index (χ1v) is 12.4. The van der Waals surface area contributed by atoms with Crippen LogP contribution in [0.4, 0.5) is 15.9 Å². The van der Waals surface area contributed by atoms with Crippen molar-refractivity contribution in [2.75, 3.05) is 37.0 Å². The number of carbonyl (C=O) groups is 2. The second-order valence-corrected chi connectivity index (χ2v) is 9.82. The number of hydrogen-bond donors (Lipinski definition) is 1. The fraction of sp³-hybridized carbons (Fsp3) is 0.444. The Hall–Kier alpha value is -4.00. The predicted octanol–water partition coefficient (Wildman–Crippen LogP) is 2.82. The number of ether oxygens (including phenoxy) is 1. The van der Waals surface area contributed by atoms with Gasteiger partial charge in [0.05, 0.1) is 36.8 Å². The Morgan fingerprint density at radius 1 is 1.41 bits per heavy atom. The van der Waals surface area contributed by atoms with E-state index in [1.165, 1.54) is 19.3 Å². The average molecular weight is 505 g/mol. The predicted molar refractivity (Wildman–Crippen MR) is 135 cm³/mol. The number of benzene rings is 1. The highest BCUT2D eigenvalue weighted by atomic mass is 19.1. The van der Waals surface area contributed by atoms with Crippen molar-refractivity contribution in [1.82, 2.24) is 14.9 Å². The lowest BCUT2D eigenvalue weighted by Gasteiger charge is -2.44. The van der Waals surface area contributed by atoms with E-state index in [2.05, 4.69) is 27.9 Å². The zero-order valence-electron chi connectivity index (χ0n) is 21.0. The van der Waals surface area contributed by atoms with Crippen LogP contribution in [0.15, 0.2) is 24.8 Å². The Morgan fingerprint density at radius 2 is 2.22 bits per heavy atom. The van der Waals surface area contributed by atoms with Gasteiger partial charge in [-0.15, -0.1) is 0 Å². The number of nitriles is 1. The number of fused-ring (bicyclic) bond motifs is 3. The van der Waals surface area contributed by atoms with E-state index in [1.54, 1.807) is 17.9 Å². The van der Waals surface area contributed by atoms with Gasteiger partial charge in [0.15, 0.2) is 5.82 Å². The zero-order chi connectivity index (χ0) is 26.3. The van der Waals surface area contributed by atoms with Crippen molar-refractivity contribution in [1.29, 1.82) is 5.26 Å². The molecule has 0 radical (unpaired) electrons. The van der Waals surface area contributed by atoms with E-state index in [9.17, 15) is 19.2 Å². The lowest BCUT2D eigenvalue weighted by Crippen LogP contribution is -2.55. The van der Waals surface area contributed by atoms with Crippen LogP contribution in [0, 0.1) is 24.1 Å². The highest BCUT2D eigenvalue weighted by Crippen LogP contribution is 2.47. The topological polar surface area (TPSA) is 111 Å². The molecule has 1 aliphatic carbocycles. The van der Waals surface area contributed by atoms with Gasteiger partial charge in [-0.05, 0) is 55.0 Å². The zero-order valence-corrected chi connectivity index (χ0v) is 21.0. The first kappa shape index (κ1) is 24.7. The molecule has 1 N–H and O–H groups in total. The summed E-state index contributed by atoms with van der Waals surface area (Å²) in [6.45, 7) is 6.54. The third-order valence-corrected chi connectivity index (χ3v) is 7.91. The molecule has 2 unspecified atom stereocenters. The molecule has 2 amide bonds. The summed E-state index contributed by atoms with van der Waals surface area (Å²) in [5, 5.41) is 12.4. The fourth-order valence-electron chi connectivity index (χ4n) is 6.00. The van der Waals surface area contributed by atoms with E-state index in [0.717, 1.165) is 24.0 Å². The smallest absolute Gasteiger partial charge is 0.318 e. The molecule has 1 fully saturated rings. The third kappa shape index (κ3) is 3.99. The summed E-state index contributed by atoms with van der Waals surface area (Å²) < 4.78 is 19.8. The first-order chi connectivity index (χ1) is 17.8. The number of amides is 2. The summed E-state index contributed by atoms with van der Waals surface area (Å²) in [7, 11) is 1.49. The second-order valence-electron chi connectivity index (χ2n) is 9.82. The van der Waals surface area contributed by atoms with Gasteiger partial charge in [0.1, 0.15) is 11.5 Å². The molecule has 1 aromatic heterocycles. The molecule has 2 aromatic rings. The second kappa shape index (κ2) is 9.47. The lowest BCUT2D eigenvalue weighted by molar-refractivity contribution is -0.128. The van der Waals surface area contributed by atoms with Crippen LogP contribution >= 0.6 is 0 Å². The van der Waals surface area contributed by atoms with Gasteiger partial charge in [-0.2, -0.15) is 15.2 Å². The maximum absolute atomic E-state index is 14.3. The third-order valence-electron chi connectivity index (χ3n) is 7.91. The quantitative estimate of drug-likeness (QED) is 0.638. The largest absolute Gasteiger partial charge is 0.467 e. The minimum Gasteiger partial charge on any atom is -0.467 e. The van der Waals surface area contributed by atoms with Gasteiger partial charge < -0.3 is 19.9 Å². The first-order valence-electron chi connectivity index (χ1n) is 12.4. The van der Waals surface area contributed by atoms with Crippen LogP contribution in [0.3, 0.4) is 0 Å². The maximum atomic E-state index is 14.3. The van der Waals surface area contributed by atoms with Gasteiger partial charge in [-0.1, -0.05) is 12.6 Å². The van der Waals surface area contributed by atoms with Crippen LogP contribution in [-0.4, -0.2) is 59.5 Å². The van der Waals surface area contributed by atoms with Crippen molar-refractivity contribution in [2.24, 2.45) is 0 Å². The molecule has 192 valence electrons. The average Bonchev–Trinajstić information content (AvgIpc) is 2.91. The van der Waals surface area contributed by atoms with Crippen molar-refractivity contribution in [3.8, 4) is 12.1 Å². The lowest BCUT2D eigenvalue weighted by atomic mass is 9.64. The van der Waals surface area contributed by atoms with Crippen molar-refractivity contribution < 1.29 is 18.7 Å². The highest BCUT2D eigenvalue weighted by molar-refractivity contribution is 6.04. The van der Waals surface area contributed by atoms with Gasteiger partial charge in [-0.25, -0.2) is 4.39 Å². The molecule has 1 spiro atoms. The Morgan fingerprint density at radius 3 is 2.95 bits per heavy atom. The standard InChI is InChI=1S/C27H29FN6O3/c1-4-22(35)34-13-12-33(15-17(34)9-11-29)24-23-21(30-26(32-24)37-3)14-27(25(36)31-23)10-5-6-18-16(2)20(28)8-7-19(18)27/h4,7-8,17H,1,5-6,9-10,12-15H2,2-3H3,(H,31,36). The molecule has 5 rings (SSSR count). The Labute approximate surface area is 214 Å². The maximum Gasteiger partial charge on any atom is 0.318 e. The van der Waals surface area contributed by atoms with Crippen molar-refractivity contribution in [2.45, 2.75) is 50.5 Å². The number of rotatable bonds is 4. The van der Waals surface area contributed by atoms with Gasteiger partial charge >= 0.3 is 6.01 Å². The Balaban J connectivity index is 1.55. The molecule has 1 saturated heterocycles. The van der Waals surface area contributed by atoms with Crippen LogP contribution in [0.2, 0.25) is 0 Å². The minimum atomic E-state index is -0.853. The van der Waals surface area contributed by atoms with E-state index in [0.29, 0.717) is 55.2 Å². The van der Waals surface area contributed by atoms with E-state index in [1.807, 2.05) is 4.90 Å². The summed E-state index contributed by atoms with van der Waals surface area (Å²) in [4.78, 5) is 39.0. The molecular weight excluding hydrogens is 475 g/mol. The number of hydrogen-bond acceptors (Lipinski definition) is 7. The molecule has 9 nitrogen and oxygen atoms in total. The Kier molecular flexibility index (Phi) is 6.31. The molecule has 1 aromatic carbocycles. The summed E-state index contributed by atoms with van der Waals surface area (Å²) in [6.07, 6.45) is 3.88. The van der Waals surface area contributed by atoms with E-state index in [-0.39, 0.29) is 36.1 Å². The Bertz CT molecular complexity index is 1340. The minimum absolute atomic E-state index is 0.155. The molecular formula is C27H29FN6O3. The number of nitrogens with one attached hydrogen (secondary N) is 1. The number of nitrogens with zero attached hydrogens (tertiary/aromatic N) is 5. The summed E-state index contributed by atoms with van der Waals surface area (Å²) in [5.74, 6) is -0.138. The van der Waals surface area contributed by atoms with Crippen LogP contribution in [0.1, 0.15) is 41.6 Å². The number of anilines is 2. The molecule has 37 heavy (non-hydrogen) atoms. The van der Waals surface area contributed by atoms with Gasteiger partial charge in [0.2, 0.25) is 11.8 Å². The molecule has 0 saturated carbocycles. The van der Waals surface area contributed by atoms with Gasteiger partial charge in [0.25, 0.3) is 0 Å². The van der Waals surface area contributed by atoms with E-state index < -0.39 is 5.41 Å². The number of piperazine rings is 1. The summed E-state index contributed by atoms with van der Waals surface area (Å²) >= 11 is 0.